The summed E-state index contributed by atoms with van der Waals surface area (Å²) in [5.74, 6) is 3.22. The molecule has 1 aromatic rings. The summed E-state index contributed by atoms with van der Waals surface area (Å²) in [4.78, 5) is 9.44. The van der Waals surface area contributed by atoms with Gasteiger partial charge in [-0.05, 0) is 51.9 Å². The topological polar surface area (TPSA) is 44.0 Å². The van der Waals surface area contributed by atoms with Gasteiger partial charge < -0.3 is 14.6 Å². The molecule has 0 aromatic carbocycles. The second kappa shape index (κ2) is 9.50. The first-order chi connectivity index (χ1) is 11.6. The number of furan rings is 1. The third-order valence-electron chi connectivity index (χ3n) is 4.84. The molecule has 1 unspecified atom stereocenters. The van der Waals surface area contributed by atoms with Crippen LogP contribution in [-0.4, -0.2) is 66.0 Å². The van der Waals surface area contributed by atoms with Gasteiger partial charge in [0.1, 0.15) is 5.76 Å². The van der Waals surface area contributed by atoms with Crippen molar-refractivity contribution in [1.82, 2.24) is 15.1 Å². The highest BCUT2D eigenvalue weighted by atomic mass is 127. The molecule has 5 nitrogen and oxygen atoms in total. The zero-order valence-electron chi connectivity index (χ0n) is 15.5. The van der Waals surface area contributed by atoms with Gasteiger partial charge in [-0.15, -0.1) is 24.0 Å². The van der Waals surface area contributed by atoms with E-state index in [9.17, 15) is 0 Å². The van der Waals surface area contributed by atoms with Crippen LogP contribution in [0.3, 0.4) is 0 Å². The quantitative estimate of drug-likeness (QED) is 0.408. The molecule has 25 heavy (non-hydrogen) atoms. The minimum Gasteiger partial charge on any atom is -0.468 e. The second-order valence-corrected chi connectivity index (χ2v) is 9.03. The van der Waals surface area contributed by atoms with E-state index in [2.05, 4.69) is 40.0 Å². The van der Waals surface area contributed by atoms with E-state index in [1.54, 1.807) is 6.26 Å². The molecule has 2 aliphatic heterocycles. The molecule has 1 aromatic heterocycles. The Morgan fingerprint density at radius 2 is 2.12 bits per heavy atom. The SMILES string of the molecule is CN=C(NCC(c1ccco1)N1CCCC1)N1CCSC(C)(C)C1.I. The number of hydrogen-bond acceptors (Lipinski definition) is 4. The zero-order valence-corrected chi connectivity index (χ0v) is 18.7. The van der Waals surface area contributed by atoms with Gasteiger partial charge >= 0.3 is 0 Å². The van der Waals surface area contributed by atoms with Gasteiger partial charge in [-0.1, -0.05) is 0 Å². The minimum absolute atomic E-state index is 0. The zero-order chi connectivity index (χ0) is 17.0. The van der Waals surface area contributed by atoms with Crippen LogP contribution in [-0.2, 0) is 0 Å². The van der Waals surface area contributed by atoms with Crippen LogP contribution >= 0.6 is 35.7 Å². The van der Waals surface area contributed by atoms with Crippen molar-refractivity contribution in [2.75, 3.05) is 45.5 Å². The average molecular weight is 478 g/mol. The highest BCUT2D eigenvalue weighted by Gasteiger charge is 2.30. The number of guanidine groups is 1. The molecule has 0 radical (unpaired) electrons. The molecular formula is C18H31IN4OS. The molecule has 0 bridgehead atoms. The van der Waals surface area contributed by atoms with Gasteiger partial charge in [-0.3, -0.25) is 9.89 Å². The number of likely N-dealkylation sites (tertiary alicyclic amines) is 1. The number of thioether (sulfide) groups is 1. The van der Waals surface area contributed by atoms with E-state index in [4.69, 9.17) is 4.42 Å². The molecule has 0 aliphatic carbocycles. The fourth-order valence-electron chi connectivity index (χ4n) is 3.66. The lowest BCUT2D eigenvalue weighted by Crippen LogP contribution is -2.52. The average Bonchev–Trinajstić information content (AvgIpc) is 3.24. The van der Waals surface area contributed by atoms with E-state index in [1.807, 2.05) is 24.9 Å². The molecule has 0 amide bonds. The van der Waals surface area contributed by atoms with E-state index >= 15 is 0 Å². The molecule has 1 atom stereocenters. The Labute approximate surface area is 173 Å². The standard InChI is InChI=1S/C18H30N4OS.HI/c1-18(2)14-22(10-12-24-18)17(19-3)20-13-15(16-7-6-11-23-16)21-8-4-5-9-21;/h6-7,11,15H,4-5,8-10,12-14H2,1-3H3,(H,19,20);1H. The van der Waals surface area contributed by atoms with Gasteiger partial charge in [-0.2, -0.15) is 11.8 Å². The lowest BCUT2D eigenvalue weighted by molar-refractivity contribution is 0.213. The Balaban J connectivity index is 0.00000225. The molecule has 0 spiro atoms. The van der Waals surface area contributed by atoms with Crippen molar-refractivity contribution >= 4 is 41.7 Å². The van der Waals surface area contributed by atoms with E-state index in [0.29, 0.717) is 0 Å². The first kappa shape index (κ1) is 20.9. The second-order valence-electron chi connectivity index (χ2n) is 7.23. The maximum atomic E-state index is 5.71. The third kappa shape index (κ3) is 5.53. The van der Waals surface area contributed by atoms with Crippen LogP contribution in [0.4, 0.5) is 0 Å². The van der Waals surface area contributed by atoms with Crippen LogP contribution in [0.1, 0.15) is 38.5 Å². The van der Waals surface area contributed by atoms with Gasteiger partial charge in [0.25, 0.3) is 0 Å². The van der Waals surface area contributed by atoms with Crippen molar-refractivity contribution in [2.45, 2.75) is 37.5 Å². The smallest absolute Gasteiger partial charge is 0.193 e. The van der Waals surface area contributed by atoms with Crippen molar-refractivity contribution in [3.8, 4) is 0 Å². The van der Waals surface area contributed by atoms with Gasteiger partial charge in [0.2, 0.25) is 0 Å². The number of nitrogens with one attached hydrogen (secondary N) is 1. The lowest BCUT2D eigenvalue weighted by atomic mass is 10.2. The van der Waals surface area contributed by atoms with Crippen molar-refractivity contribution in [3.05, 3.63) is 24.2 Å². The monoisotopic (exact) mass is 478 g/mol. The number of halogens is 1. The Bertz CT molecular complexity index is 543. The summed E-state index contributed by atoms with van der Waals surface area (Å²) in [5.41, 5.74) is 0. The first-order valence-electron chi connectivity index (χ1n) is 8.96. The molecule has 2 saturated heterocycles. The summed E-state index contributed by atoms with van der Waals surface area (Å²) in [5, 5.41) is 3.61. The van der Waals surface area contributed by atoms with Crippen molar-refractivity contribution in [1.29, 1.82) is 0 Å². The summed E-state index contributed by atoms with van der Waals surface area (Å²) in [6.45, 7) is 9.86. The molecule has 2 aliphatic rings. The predicted molar refractivity (Wildman–Crippen MR) is 117 cm³/mol. The summed E-state index contributed by atoms with van der Waals surface area (Å²) in [7, 11) is 1.88. The fourth-order valence-corrected chi connectivity index (χ4v) is 4.77. The maximum Gasteiger partial charge on any atom is 0.193 e. The Kier molecular flexibility index (Phi) is 7.94. The van der Waals surface area contributed by atoms with Crippen molar-refractivity contribution in [3.63, 3.8) is 0 Å². The van der Waals surface area contributed by atoms with E-state index < -0.39 is 0 Å². The largest absolute Gasteiger partial charge is 0.468 e. The molecule has 142 valence electrons. The first-order valence-corrected chi connectivity index (χ1v) is 9.95. The van der Waals surface area contributed by atoms with Gasteiger partial charge in [-0.25, -0.2) is 0 Å². The summed E-state index contributed by atoms with van der Waals surface area (Å²) in [6.07, 6.45) is 4.34. The summed E-state index contributed by atoms with van der Waals surface area (Å²) >= 11 is 2.05. The van der Waals surface area contributed by atoms with Crippen LogP contribution in [0.2, 0.25) is 0 Å². The van der Waals surface area contributed by atoms with E-state index in [-0.39, 0.29) is 34.8 Å². The van der Waals surface area contributed by atoms with Crippen LogP contribution < -0.4 is 5.32 Å². The third-order valence-corrected chi connectivity index (χ3v) is 6.14. The number of nitrogens with zero attached hydrogens (tertiary/aromatic N) is 3. The molecule has 1 N–H and O–H groups in total. The van der Waals surface area contributed by atoms with Gasteiger partial charge in [0.15, 0.2) is 5.96 Å². The molecule has 7 heteroatoms. The fraction of sp³-hybridized carbons (Fsp3) is 0.722. The van der Waals surface area contributed by atoms with Gasteiger partial charge in [0.05, 0.1) is 12.3 Å². The molecule has 3 heterocycles. The number of rotatable bonds is 4. The number of hydrogen-bond donors (Lipinski definition) is 1. The predicted octanol–water partition coefficient (Wildman–Crippen LogP) is 3.44. The highest BCUT2D eigenvalue weighted by Crippen LogP contribution is 2.30. The molecule has 3 rings (SSSR count). The molecule has 0 saturated carbocycles. The Morgan fingerprint density at radius 1 is 1.36 bits per heavy atom. The molecular weight excluding hydrogens is 447 g/mol. The minimum atomic E-state index is 0. The normalized spacial score (nSPS) is 22.5. The van der Waals surface area contributed by atoms with Gasteiger partial charge in [0, 0.05) is 37.2 Å². The van der Waals surface area contributed by atoms with E-state index in [0.717, 1.165) is 50.2 Å². The highest BCUT2D eigenvalue weighted by molar-refractivity contribution is 14.0. The lowest BCUT2D eigenvalue weighted by Gasteiger charge is -2.39. The Morgan fingerprint density at radius 3 is 2.72 bits per heavy atom. The number of aliphatic imine (C=N–C) groups is 1. The van der Waals surface area contributed by atoms with Crippen molar-refractivity contribution < 1.29 is 4.42 Å². The van der Waals surface area contributed by atoms with Crippen LogP contribution in [0, 0.1) is 0 Å². The van der Waals surface area contributed by atoms with Crippen LogP contribution in [0.5, 0.6) is 0 Å². The van der Waals surface area contributed by atoms with Crippen LogP contribution in [0.25, 0.3) is 0 Å². The Hall–Kier alpha value is -0.410. The molecule has 2 fully saturated rings. The summed E-state index contributed by atoms with van der Waals surface area (Å²) in [6, 6.07) is 4.36. The van der Waals surface area contributed by atoms with Crippen LogP contribution in [0.15, 0.2) is 27.8 Å². The van der Waals surface area contributed by atoms with E-state index in [1.165, 1.54) is 12.8 Å². The van der Waals surface area contributed by atoms with Crippen molar-refractivity contribution in [2.24, 2.45) is 4.99 Å². The summed E-state index contributed by atoms with van der Waals surface area (Å²) < 4.78 is 6.00. The maximum absolute atomic E-state index is 5.71.